The van der Waals surface area contributed by atoms with Crippen LogP contribution in [0.1, 0.15) is 10.5 Å². The summed E-state index contributed by atoms with van der Waals surface area (Å²) in [6.45, 7) is 0. The lowest BCUT2D eigenvalue weighted by Crippen LogP contribution is -2.18. The molecule has 7 heteroatoms. The Balaban J connectivity index is 2.27. The third-order valence-electron chi connectivity index (χ3n) is 2.36. The summed E-state index contributed by atoms with van der Waals surface area (Å²) in [4.78, 5) is 12.0. The predicted molar refractivity (Wildman–Crippen MR) is 69.7 cm³/mol. The van der Waals surface area contributed by atoms with Gasteiger partial charge in [0.05, 0.1) is 17.6 Å². The molecule has 0 bridgehead atoms. The minimum absolute atomic E-state index is 0.256. The highest BCUT2D eigenvalue weighted by atomic mass is 79.9. The second-order valence-electron chi connectivity index (χ2n) is 3.65. The van der Waals surface area contributed by atoms with Crippen LogP contribution in [0.25, 0.3) is 0 Å². The van der Waals surface area contributed by atoms with Gasteiger partial charge in [-0.1, -0.05) is 0 Å². The molecule has 5 nitrogen and oxygen atoms in total. The van der Waals surface area contributed by atoms with Crippen LogP contribution in [0.2, 0.25) is 0 Å². The number of hydrogen-bond acceptors (Lipinski definition) is 3. The molecule has 3 N–H and O–H groups in total. The van der Waals surface area contributed by atoms with E-state index in [-0.39, 0.29) is 17.2 Å². The molecule has 18 heavy (non-hydrogen) atoms. The van der Waals surface area contributed by atoms with Crippen LogP contribution in [0.15, 0.2) is 28.9 Å². The molecule has 2 rings (SSSR count). The van der Waals surface area contributed by atoms with Crippen molar-refractivity contribution in [2.45, 2.75) is 0 Å². The lowest BCUT2D eigenvalue weighted by molar-refractivity contribution is 0.101. The fourth-order valence-electron chi connectivity index (χ4n) is 1.50. The van der Waals surface area contributed by atoms with Crippen LogP contribution in [-0.2, 0) is 7.05 Å². The van der Waals surface area contributed by atoms with E-state index in [1.165, 1.54) is 29.1 Å². The van der Waals surface area contributed by atoms with Gasteiger partial charge in [0.25, 0.3) is 5.91 Å². The van der Waals surface area contributed by atoms with Crippen molar-refractivity contribution in [2.24, 2.45) is 7.05 Å². The van der Waals surface area contributed by atoms with Crippen molar-refractivity contribution in [1.82, 2.24) is 9.78 Å². The Morgan fingerprint density at radius 2 is 2.28 bits per heavy atom. The Kier molecular flexibility index (Phi) is 3.33. The van der Waals surface area contributed by atoms with Gasteiger partial charge in [-0.15, -0.1) is 0 Å². The zero-order chi connectivity index (χ0) is 13.3. The summed E-state index contributed by atoms with van der Waals surface area (Å²) in [7, 11) is 1.62. The first-order chi connectivity index (χ1) is 8.49. The van der Waals surface area contributed by atoms with Crippen LogP contribution in [-0.4, -0.2) is 15.7 Å². The summed E-state index contributed by atoms with van der Waals surface area (Å²) in [5.74, 6) is -0.792. The molecule has 0 aliphatic rings. The van der Waals surface area contributed by atoms with Gasteiger partial charge in [0.1, 0.15) is 11.5 Å². The number of halogens is 2. The number of hydrogen-bond donors (Lipinski definition) is 2. The zero-order valence-electron chi connectivity index (χ0n) is 9.45. The number of rotatable bonds is 2. The average molecular weight is 313 g/mol. The number of carbonyl (C=O) groups excluding carboxylic acids is 1. The number of aryl methyl sites for hydroxylation is 1. The van der Waals surface area contributed by atoms with E-state index >= 15 is 0 Å². The van der Waals surface area contributed by atoms with Crippen molar-refractivity contribution in [2.75, 3.05) is 11.1 Å². The van der Waals surface area contributed by atoms with Gasteiger partial charge >= 0.3 is 0 Å². The van der Waals surface area contributed by atoms with Crippen molar-refractivity contribution in [3.05, 3.63) is 40.4 Å². The van der Waals surface area contributed by atoms with Gasteiger partial charge in [-0.3, -0.25) is 9.48 Å². The fraction of sp³-hybridized carbons (Fsp3) is 0.0909. The number of nitrogens with zero attached hydrogens (tertiary/aromatic N) is 2. The number of anilines is 2. The molecule has 0 fully saturated rings. The average Bonchev–Trinajstić information content (AvgIpc) is 2.62. The molecule has 0 radical (unpaired) electrons. The smallest absolute Gasteiger partial charge is 0.276 e. The first-order valence-corrected chi connectivity index (χ1v) is 5.82. The van der Waals surface area contributed by atoms with E-state index in [9.17, 15) is 9.18 Å². The summed E-state index contributed by atoms with van der Waals surface area (Å²) in [5.41, 5.74) is 6.64. The van der Waals surface area contributed by atoms with Crippen LogP contribution < -0.4 is 11.1 Å². The molecule has 0 saturated heterocycles. The van der Waals surface area contributed by atoms with Crippen molar-refractivity contribution < 1.29 is 9.18 Å². The van der Waals surface area contributed by atoms with Crippen molar-refractivity contribution >= 4 is 33.2 Å². The maximum absolute atomic E-state index is 12.9. The molecule has 0 aliphatic heterocycles. The van der Waals surface area contributed by atoms with Gasteiger partial charge in [0.2, 0.25) is 0 Å². The van der Waals surface area contributed by atoms with Crippen molar-refractivity contribution in [3.8, 4) is 0 Å². The summed E-state index contributed by atoms with van der Waals surface area (Å²) >= 11 is 3.17. The molecule has 94 valence electrons. The van der Waals surface area contributed by atoms with E-state index < -0.39 is 5.91 Å². The lowest BCUT2D eigenvalue weighted by Gasteiger charge is -2.08. The zero-order valence-corrected chi connectivity index (χ0v) is 11.0. The number of nitrogens with one attached hydrogen (secondary N) is 1. The number of amides is 1. The molecule has 1 aromatic carbocycles. The van der Waals surface area contributed by atoms with E-state index in [2.05, 4.69) is 26.3 Å². The predicted octanol–water partition coefficient (Wildman–Crippen LogP) is 2.16. The summed E-state index contributed by atoms with van der Waals surface area (Å²) < 4.78 is 14.7. The van der Waals surface area contributed by atoms with Crippen LogP contribution >= 0.6 is 15.9 Å². The minimum Gasteiger partial charge on any atom is -0.396 e. The molecular formula is C11H10BrFN4O. The first kappa shape index (κ1) is 12.6. The Morgan fingerprint density at radius 3 is 2.83 bits per heavy atom. The second-order valence-corrected chi connectivity index (χ2v) is 4.50. The normalized spacial score (nSPS) is 10.4. The fourth-order valence-corrected chi connectivity index (χ4v) is 1.95. The molecule has 0 saturated carbocycles. The Morgan fingerprint density at radius 1 is 1.56 bits per heavy atom. The van der Waals surface area contributed by atoms with E-state index in [1.54, 1.807) is 7.05 Å². The highest BCUT2D eigenvalue weighted by Crippen LogP contribution is 2.24. The van der Waals surface area contributed by atoms with Gasteiger partial charge in [0.15, 0.2) is 0 Å². The van der Waals surface area contributed by atoms with Crippen LogP contribution in [0.5, 0.6) is 0 Å². The van der Waals surface area contributed by atoms with Crippen molar-refractivity contribution in [3.63, 3.8) is 0 Å². The topological polar surface area (TPSA) is 72.9 Å². The molecule has 0 atom stereocenters. The number of nitrogens with two attached hydrogens (primary N) is 1. The molecule has 1 amide bonds. The monoisotopic (exact) mass is 312 g/mol. The minimum atomic E-state index is -0.403. The van der Waals surface area contributed by atoms with E-state index in [1.807, 2.05) is 0 Å². The van der Waals surface area contributed by atoms with Gasteiger partial charge in [-0.25, -0.2) is 4.39 Å². The van der Waals surface area contributed by atoms with Crippen LogP contribution in [0.3, 0.4) is 0 Å². The van der Waals surface area contributed by atoms with E-state index in [0.717, 1.165) is 0 Å². The quantitative estimate of drug-likeness (QED) is 0.892. The molecule has 0 aliphatic carbocycles. The Hall–Kier alpha value is -1.89. The molecule has 1 heterocycles. The van der Waals surface area contributed by atoms with Gasteiger partial charge in [-0.05, 0) is 34.1 Å². The summed E-state index contributed by atoms with van der Waals surface area (Å²) in [6.07, 6.45) is 1.40. The second kappa shape index (κ2) is 4.77. The van der Waals surface area contributed by atoms with Gasteiger partial charge in [0, 0.05) is 11.5 Å². The summed E-state index contributed by atoms with van der Waals surface area (Å²) in [5, 5.41) is 6.50. The largest absolute Gasteiger partial charge is 0.396 e. The lowest BCUT2D eigenvalue weighted by atomic mass is 10.3. The third-order valence-corrected chi connectivity index (χ3v) is 3.02. The van der Waals surface area contributed by atoms with Crippen LogP contribution in [0, 0.1) is 5.82 Å². The molecule has 1 aromatic heterocycles. The molecule has 0 unspecified atom stereocenters. The maximum atomic E-state index is 12.9. The summed E-state index contributed by atoms with van der Waals surface area (Å²) in [6, 6.07) is 3.99. The van der Waals surface area contributed by atoms with E-state index in [0.29, 0.717) is 10.2 Å². The standard InChI is InChI=1S/C11H10BrFN4O/c1-17-10(8(14)5-15-17)11(18)16-9-3-2-6(13)4-7(9)12/h2-5H,14H2,1H3,(H,16,18). The number of aromatic nitrogens is 2. The Bertz CT molecular complexity index is 592. The molecule has 2 aromatic rings. The number of nitrogen functional groups attached to an aromatic ring is 1. The highest BCUT2D eigenvalue weighted by Gasteiger charge is 2.16. The van der Waals surface area contributed by atoms with Crippen LogP contribution in [0.4, 0.5) is 15.8 Å². The molecule has 0 spiro atoms. The van der Waals surface area contributed by atoms with Gasteiger partial charge < -0.3 is 11.1 Å². The molecular weight excluding hydrogens is 303 g/mol. The van der Waals surface area contributed by atoms with Gasteiger partial charge in [-0.2, -0.15) is 5.10 Å². The third kappa shape index (κ3) is 2.35. The first-order valence-electron chi connectivity index (χ1n) is 5.03. The van der Waals surface area contributed by atoms with E-state index in [4.69, 9.17) is 5.73 Å². The highest BCUT2D eigenvalue weighted by molar-refractivity contribution is 9.10. The van der Waals surface area contributed by atoms with Crippen molar-refractivity contribution in [1.29, 1.82) is 0 Å². The Labute approximate surface area is 111 Å². The number of carbonyl (C=O) groups is 1. The SMILES string of the molecule is Cn1ncc(N)c1C(=O)Nc1ccc(F)cc1Br. The maximum Gasteiger partial charge on any atom is 0.276 e. The number of benzene rings is 1.